The van der Waals surface area contributed by atoms with Gasteiger partial charge in [-0.1, -0.05) is 19.3 Å². The van der Waals surface area contributed by atoms with Crippen LogP contribution in [0.3, 0.4) is 0 Å². The zero-order chi connectivity index (χ0) is 14.6. The van der Waals surface area contributed by atoms with Crippen molar-refractivity contribution in [3.05, 3.63) is 23.8 Å². The third-order valence-electron chi connectivity index (χ3n) is 3.91. The van der Waals surface area contributed by atoms with Gasteiger partial charge < -0.3 is 21.5 Å². The van der Waals surface area contributed by atoms with Crippen LogP contribution in [0.1, 0.15) is 42.5 Å². The Labute approximate surface area is 119 Å². The highest BCUT2D eigenvalue weighted by Gasteiger charge is 2.29. The van der Waals surface area contributed by atoms with Gasteiger partial charge in [0.05, 0.1) is 11.2 Å². The molecule has 5 nitrogen and oxygen atoms in total. The van der Waals surface area contributed by atoms with Gasteiger partial charge in [-0.05, 0) is 31.0 Å². The number of rotatable bonds is 4. The van der Waals surface area contributed by atoms with E-state index < -0.39 is 5.60 Å². The predicted octanol–water partition coefficient (Wildman–Crippen LogP) is 1.74. The fraction of sp³-hybridized carbons (Fsp3) is 0.533. The summed E-state index contributed by atoms with van der Waals surface area (Å²) in [6.45, 7) is 0.445. The van der Waals surface area contributed by atoms with Gasteiger partial charge in [-0.25, -0.2) is 0 Å². The highest BCUT2D eigenvalue weighted by molar-refractivity contribution is 6.00. The molecule has 0 aliphatic heterocycles. The minimum Gasteiger partial charge on any atom is -0.399 e. The van der Waals surface area contributed by atoms with Gasteiger partial charge in [0.25, 0.3) is 5.91 Å². The maximum Gasteiger partial charge on any atom is 0.253 e. The Morgan fingerprint density at radius 1 is 1.35 bits per heavy atom. The van der Waals surface area contributed by atoms with Gasteiger partial charge in [0.1, 0.15) is 0 Å². The lowest BCUT2D eigenvalue weighted by molar-refractivity contribution is 0.0167. The van der Waals surface area contributed by atoms with Crippen LogP contribution in [0, 0.1) is 0 Å². The summed E-state index contributed by atoms with van der Waals surface area (Å²) in [4.78, 5) is 11.8. The largest absolute Gasteiger partial charge is 0.399 e. The lowest BCUT2D eigenvalue weighted by atomic mass is 9.85. The number of amides is 1. The molecule has 1 aromatic rings. The van der Waals surface area contributed by atoms with Crippen molar-refractivity contribution < 1.29 is 9.90 Å². The smallest absolute Gasteiger partial charge is 0.253 e. The summed E-state index contributed by atoms with van der Waals surface area (Å²) >= 11 is 0. The van der Waals surface area contributed by atoms with Gasteiger partial charge in [-0.3, -0.25) is 4.79 Å². The molecule has 0 unspecified atom stereocenters. The van der Waals surface area contributed by atoms with Crippen LogP contribution in [-0.4, -0.2) is 30.2 Å². The second kappa shape index (κ2) is 6.13. The maximum absolute atomic E-state index is 11.8. The molecule has 1 saturated carbocycles. The Kier molecular flexibility index (Phi) is 4.49. The monoisotopic (exact) mass is 277 g/mol. The van der Waals surface area contributed by atoms with Crippen LogP contribution in [0.5, 0.6) is 0 Å². The van der Waals surface area contributed by atoms with Crippen molar-refractivity contribution in [1.29, 1.82) is 0 Å². The summed E-state index contributed by atoms with van der Waals surface area (Å²) < 4.78 is 0. The zero-order valence-corrected chi connectivity index (χ0v) is 11.9. The number of hydrogen-bond acceptors (Lipinski definition) is 4. The summed E-state index contributed by atoms with van der Waals surface area (Å²) in [6.07, 6.45) is 4.90. The molecule has 2 rings (SSSR count). The van der Waals surface area contributed by atoms with Gasteiger partial charge >= 0.3 is 0 Å². The van der Waals surface area contributed by atoms with Crippen molar-refractivity contribution in [3.8, 4) is 0 Å². The van der Waals surface area contributed by atoms with E-state index in [0.717, 1.165) is 25.7 Å². The molecule has 5 heteroatoms. The first-order chi connectivity index (χ1) is 9.54. The second-order valence-corrected chi connectivity index (χ2v) is 5.52. The van der Waals surface area contributed by atoms with E-state index in [1.54, 1.807) is 25.2 Å². The van der Waals surface area contributed by atoms with Crippen LogP contribution in [-0.2, 0) is 0 Å². The lowest BCUT2D eigenvalue weighted by Crippen LogP contribution is -2.39. The summed E-state index contributed by atoms with van der Waals surface area (Å²) in [5.41, 5.74) is 6.90. The van der Waals surface area contributed by atoms with Crippen LogP contribution in [0.25, 0.3) is 0 Å². The fourth-order valence-corrected chi connectivity index (χ4v) is 2.69. The van der Waals surface area contributed by atoms with Crippen LogP contribution < -0.4 is 16.4 Å². The van der Waals surface area contributed by atoms with Gasteiger partial charge in [-0.2, -0.15) is 0 Å². The molecule has 5 N–H and O–H groups in total. The number of benzene rings is 1. The van der Waals surface area contributed by atoms with Crippen LogP contribution in [0.4, 0.5) is 11.4 Å². The molecule has 1 aromatic carbocycles. The zero-order valence-electron chi connectivity index (χ0n) is 11.9. The lowest BCUT2D eigenvalue weighted by Gasteiger charge is -2.32. The van der Waals surface area contributed by atoms with Crippen molar-refractivity contribution in [2.75, 3.05) is 24.6 Å². The number of nitrogen functional groups attached to an aromatic ring is 1. The van der Waals surface area contributed by atoms with E-state index in [1.165, 1.54) is 6.42 Å². The Bertz CT molecular complexity index is 482. The molecule has 1 fully saturated rings. The number of aliphatic hydroxyl groups is 1. The van der Waals surface area contributed by atoms with Gasteiger partial charge in [0.15, 0.2) is 0 Å². The first-order valence-electron chi connectivity index (χ1n) is 7.12. The Balaban J connectivity index is 2.11. The molecule has 1 aliphatic carbocycles. The van der Waals surface area contributed by atoms with Crippen LogP contribution in [0.15, 0.2) is 18.2 Å². The first-order valence-corrected chi connectivity index (χ1v) is 7.12. The van der Waals surface area contributed by atoms with Crippen LogP contribution >= 0.6 is 0 Å². The van der Waals surface area contributed by atoms with E-state index in [1.807, 2.05) is 0 Å². The number of nitrogens with two attached hydrogens (primary N) is 1. The summed E-state index contributed by atoms with van der Waals surface area (Å²) in [5, 5.41) is 16.3. The molecule has 1 amide bonds. The third-order valence-corrected chi connectivity index (χ3v) is 3.91. The number of anilines is 2. The van der Waals surface area contributed by atoms with Crippen molar-refractivity contribution in [2.45, 2.75) is 37.7 Å². The molecule has 0 atom stereocenters. The summed E-state index contributed by atoms with van der Waals surface area (Å²) in [7, 11) is 1.59. The van der Waals surface area contributed by atoms with E-state index in [2.05, 4.69) is 10.6 Å². The van der Waals surface area contributed by atoms with E-state index in [9.17, 15) is 9.90 Å². The molecular weight excluding hydrogens is 254 g/mol. The van der Waals surface area contributed by atoms with E-state index in [-0.39, 0.29) is 5.91 Å². The second-order valence-electron chi connectivity index (χ2n) is 5.52. The van der Waals surface area contributed by atoms with E-state index >= 15 is 0 Å². The van der Waals surface area contributed by atoms with E-state index in [0.29, 0.717) is 23.5 Å². The molecule has 0 radical (unpaired) electrons. The van der Waals surface area contributed by atoms with E-state index in [4.69, 9.17) is 5.73 Å². The number of hydrogen-bond donors (Lipinski definition) is 4. The van der Waals surface area contributed by atoms with Crippen molar-refractivity contribution in [1.82, 2.24) is 5.32 Å². The van der Waals surface area contributed by atoms with Gasteiger partial charge in [0.2, 0.25) is 0 Å². The number of carbonyl (C=O) groups excluding carboxylic acids is 1. The Morgan fingerprint density at radius 2 is 2.05 bits per heavy atom. The molecule has 1 aliphatic rings. The average molecular weight is 277 g/mol. The predicted molar refractivity (Wildman–Crippen MR) is 80.8 cm³/mol. The highest BCUT2D eigenvalue weighted by Crippen LogP contribution is 2.29. The molecule has 0 heterocycles. The minimum absolute atomic E-state index is 0.164. The quantitative estimate of drug-likeness (QED) is 0.631. The van der Waals surface area contributed by atoms with Crippen molar-refractivity contribution >= 4 is 17.3 Å². The Morgan fingerprint density at radius 3 is 2.70 bits per heavy atom. The number of nitrogens with one attached hydrogen (secondary N) is 2. The summed E-state index contributed by atoms with van der Waals surface area (Å²) in [5.74, 6) is -0.164. The highest BCUT2D eigenvalue weighted by atomic mass is 16.3. The van der Waals surface area contributed by atoms with Gasteiger partial charge in [0, 0.05) is 25.0 Å². The molecule has 0 bridgehead atoms. The average Bonchev–Trinajstić information content (AvgIpc) is 2.45. The molecular formula is C15H23N3O2. The molecule has 0 aromatic heterocycles. The van der Waals surface area contributed by atoms with Gasteiger partial charge in [-0.15, -0.1) is 0 Å². The molecule has 20 heavy (non-hydrogen) atoms. The molecule has 0 saturated heterocycles. The third kappa shape index (κ3) is 3.42. The topological polar surface area (TPSA) is 87.4 Å². The van der Waals surface area contributed by atoms with Crippen molar-refractivity contribution in [3.63, 3.8) is 0 Å². The van der Waals surface area contributed by atoms with Crippen molar-refractivity contribution in [2.24, 2.45) is 0 Å². The SMILES string of the molecule is CNC(=O)c1ccc(N)cc1NCC1(O)CCCCC1. The minimum atomic E-state index is -0.678. The molecule has 0 spiro atoms. The Hall–Kier alpha value is -1.75. The summed E-state index contributed by atoms with van der Waals surface area (Å²) in [6, 6.07) is 5.13. The van der Waals surface area contributed by atoms with Crippen LogP contribution in [0.2, 0.25) is 0 Å². The fourth-order valence-electron chi connectivity index (χ4n) is 2.69. The normalized spacial score (nSPS) is 17.5. The standard InChI is InChI=1S/C15H23N3O2/c1-17-14(19)12-6-5-11(16)9-13(12)18-10-15(20)7-3-2-4-8-15/h5-6,9,18,20H,2-4,7-8,10,16H2,1H3,(H,17,19). The number of carbonyl (C=O) groups is 1. The molecule has 110 valence electrons. The maximum atomic E-state index is 11.8. The first kappa shape index (κ1) is 14.7.